The zero-order valence-electron chi connectivity index (χ0n) is 16.5. The van der Waals surface area contributed by atoms with Crippen LogP contribution in [0.2, 0.25) is 0 Å². The van der Waals surface area contributed by atoms with Crippen molar-refractivity contribution >= 4 is 11.9 Å². The Morgan fingerprint density at radius 1 is 1.13 bits per heavy atom. The van der Waals surface area contributed by atoms with E-state index in [2.05, 4.69) is 9.97 Å². The summed E-state index contributed by atoms with van der Waals surface area (Å²) in [7, 11) is 0. The molecule has 1 aliphatic heterocycles. The number of nitrogen functional groups attached to an aromatic ring is 1. The average molecular weight is 406 g/mol. The molecule has 0 bridgehead atoms. The van der Waals surface area contributed by atoms with Crippen LogP contribution in [0.4, 0.5) is 10.3 Å². The first kappa shape index (κ1) is 19.8. The Bertz CT molecular complexity index is 1010. The third-order valence-electron chi connectivity index (χ3n) is 5.24. The van der Waals surface area contributed by atoms with Crippen molar-refractivity contribution in [3.05, 3.63) is 72.3 Å². The molecule has 1 aliphatic rings. The van der Waals surface area contributed by atoms with Gasteiger partial charge in [-0.1, -0.05) is 30.3 Å². The maximum atomic E-state index is 13.1. The van der Waals surface area contributed by atoms with E-state index in [0.717, 1.165) is 36.1 Å². The lowest BCUT2D eigenvalue weighted by Gasteiger charge is -2.36. The van der Waals surface area contributed by atoms with Crippen molar-refractivity contribution < 1.29 is 13.9 Å². The summed E-state index contributed by atoms with van der Waals surface area (Å²) >= 11 is 0. The molecule has 1 saturated heterocycles. The third kappa shape index (κ3) is 4.40. The fourth-order valence-electron chi connectivity index (χ4n) is 3.78. The van der Waals surface area contributed by atoms with Crippen LogP contribution in [0.1, 0.15) is 31.0 Å². The van der Waals surface area contributed by atoms with Crippen LogP contribution in [0, 0.1) is 5.82 Å². The molecule has 3 aromatic rings. The van der Waals surface area contributed by atoms with E-state index in [0.29, 0.717) is 12.3 Å². The van der Waals surface area contributed by atoms with Gasteiger partial charge in [0.15, 0.2) is 6.61 Å². The number of anilines is 1. The molecule has 7 heteroatoms. The maximum absolute atomic E-state index is 13.1. The van der Waals surface area contributed by atoms with Gasteiger partial charge in [-0.05, 0) is 49.1 Å². The van der Waals surface area contributed by atoms with Crippen LogP contribution in [0.15, 0.2) is 60.8 Å². The van der Waals surface area contributed by atoms with Crippen molar-refractivity contribution in [1.82, 2.24) is 14.9 Å². The number of hydrogen-bond donors (Lipinski definition) is 1. The number of aromatic nitrogens is 2. The van der Waals surface area contributed by atoms with Gasteiger partial charge >= 0.3 is 0 Å². The Kier molecular flexibility index (Phi) is 5.88. The van der Waals surface area contributed by atoms with Crippen LogP contribution < -0.4 is 10.5 Å². The Balaban J connectivity index is 1.58. The summed E-state index contributed by atoms with van der Waals surface area (Å²) < 4.78 is 18.7. The van der Waals surface area contributed by atoms with Gasteiger partial charge in [-0.2, -0.15) is 0 Å². The fourth-order valence-corrected chi connectivity index (χ4v) is 3.78. The molecule has 1 amide bonds. The van der Waals surface area contributed by atoms with Crippen molar-refractivity contribution in [2.75, 3.05) is 18.9 Å². The smallest absolute Gasteiger partial charge is 0.261 e. The third-order valence-corrected chi connectivity index (χ3v) is 5.24. The molecule has 0 unspecified atom stereocenters. The molecule has 6 nitrogen and oxygen atoms in total. The topological polar surface area (TPSA) is 81.3 Å². The second-order valence-corrected chi connectivity index (χ2v) is 7.23. The first-order valence-corrected chi connectivity index (χ1v) is 9.97. The SMILES string of the molecule is Nc1ncc(-c2ccccc2)c([C@@H]2CCCCN2C(=O)COc2ccc(F)cc2)n1. The summed E-state index contributed by atoms with van der Waals surface area (Å²) in [5.74, 6) is 0.152. The van der Waals surface area contributed by atoms with Gasteiger partial charge < -0.3 is 15.4 Å². The zero-order valence-corrected chi connectivity index (χ0v) is 16.5. The minimum Gasteiger partial charge on any atom is -0.484 e. The number of ether oxygens (including phenoxy) is 1. The van der Waals surface area contributed by atoms with Gasteiger partial charge in [0.2, 0.25) is 5.95 Å². The molecule has 2 N–H and O–H groups in total. The molecule has 0 aliphatic carbocycles. The van der Waals surface area contributed by atoms with Gasteiger partial charge in [-0.25, -0.2) is 14.4 Å². The molecular weight excluding hydrogens is 383 g/mol. The lowest BCUT2D eigenvalue weighted by atomic mass is 9.94. The van der Waals surface area contributed by atoms with E-state index in [-0.39, 0.29) is 30.3 Å². The predicted octanol–water partition coefficient (Wildman–Crippen LogP) is 4.00. The van der Waals surface area contributed by atoms with Crippen molar-refractivity contribution in [2.24, 2.45) is 0 Å². The number of rotatable bonds is 5. The minimum atomic E-state index is -0.348. The Morgan fingerprint density at radius 3 is 2.67 bits per heavy atom. The number of carbonyl (C=O) groups is 1. The lowest BCUT2D eigenvalue weighted by Crippen LogP contribution is -2.41. The molecular formula is C23H23FN4O2. The number of nitrogens with two attached hydrogens (primary N) is 1. The lowest BCUT2D eigenvalue weighted by molar-refractivity contribution is -0.137. The molecule has 0 saturated carbocycles. The maximum Gasteiger partial charge on any atom is 0.261 e. The highest BCUT2D eigenvalue weighted by molar-refractivity contribution is 5.79. The van der Waals surface area contributed by atoms with Gasteiger partial charge in [0.05, 0.1) is 11.7 Å². The minimum absolute atomic E-state index is 0.122. The van der Waals surface area contributed by atoms with Crippen molar-refractivity contribution in [2.45, 2.75) is 25.3 Å². The van der Waals surface area contributed by atoms with E-state index in [9.17, 15) is 9.18 Å². The van der Waals surface area contributed by atoms with Crippen LogP contribution in [-0.4, -0.2) is 33.9 Å². The van der Waals surface area contributed by atoms with Crippen molar-refractivity contribution in [3.8, 4) is 16.9 Å². The second-order valence-electron chi connectivity index (χ2n) is 7.23. The van der Waals surface area contributed by atoms with Gasteiger partial charge in [-0.15, -0.1) is 0 Å². The zero-order chi connectivity index (χ0) is 20.9. The van der Waals surface area contributed by atoms with Crippen LogP contribution in [0.3, 0.4) is 0 Å². The van der Waals surface area contributed by atoms with Crippen LogP contribution >= 0.6 is 0 Å². The first-order chi connectivity index (χ1) is 14.6. The van der Waals surface area contributed by atoms with Crippen LogP contribution in [-0.2, 0) is 4.79 Å². The number of halogens is 1. The van der Waals surface area contributed by atoms with E-state index in [1.54, 1.807) is 11.1 Å². The molecule has 1 fully saturated rings. The Morgan fingerprint density at radius 2 is 1.90 bits per heavy atom. The number of likely N-dealkylation sites (tertiary alicyclic amines) is 1. The number of hydrogen-bond acceptors (Lipinski definition) is 5. The summed E-state index contributed by atoms with van der Waals surface area (Å²) in [4.78, 5) is 23.5. The fraction of sp³-hybridized carbons (Fsp3) is 0.261. The highest BCUT2D eigenvalue weighted by Crippen LogP contribution is 2.36. The van der Waals surface area contributed by atoms with Gasteiger partial charge in [0, 0.05) is 18.3 Å². The highest BCUT2D eigenvalue weighted by Gasteiger charge is 2.31. The highest BCUT2D eigenvalue weighted by atomic mass is 19.1. The molecule has 0 radical (unpaired) electrons. The summed E-state index contributed by atoms with van der Waals surface area (Å²) in [6.45, 7) is 0.498. The Labute approximate surface area is 174 Å². The van der Waals surface area contributed by atoms with E-state index in [1.807, 2.05) is 30.3 Å². The van der Waals surface area contributed by atoms with Gasteiger partial charge in [0.25, 0.3) is 5.91 Å². The average Bonchev–Trinajstić information content (AvgIpc) is 2.79. The monoisotopic (exact) mass is 406 g/mol. The normalized spacial score (nSPS) is 16.3. The molecule has 2 aromatic carbocycles. The number of piperidine rings is 1. The van der Waals surface area contributed by atoms with E-state index in [1.165, 1.54) is 24.3 Å². The van der Waals surface area contributed by atoms with Crippen LogP contribution in [0.5, 0.6) is 5.75 Å². The number of amides is 1. The summed E-state index contributed by atoms with van der Waals surface area (Å²) in [6.07, 6.45) is 4.42. The van der Waals surface area contributed by atoms with Crippen molar-refractivity contribution in [1.29, 1.82) is 0 Å². The summed E-state index contributed by atoms with van der Waals surface area (Å²) in [6, 6.07) is 15.3. The van der Waals surface area contributed by atoms with Gasteiger partial charge in [0.1, 0.15) is 11.6 Å². The standard InChI is InChI=1S/C23H23FN4O2/c24-17-9-11-18(12-10-17)30-15-21(29)28-13-5-4-8-20(28)22-19(14-26-23(25)27-22)16-6-2-1-3-7-16/h1-3,6-7,9-12,14,20H,4-5,8,13,15H2,(H2,25,26,27)/t20-/m0/s1. The molecule has 2 heterocycles. The second kappa shape index (κ2) is 8.90. The Hall–Kier alpha value is -3.48. The van der Waals surface area contributed by atoms with E-state index < -0.39 is 0 Å². The van der Waals surface area contributed by atoms with Crippen molar-refractivity contribution in [3.63, 3.8) is 0 Å². The number of carbonyl (C=O) groups excluding carboxylic acids is 1. The molecule has 1 aromatic heterocycles. The quantitative estimate of drug-likeness (QED) is 0.693. The summed E-state index contributed by atoms with van der Waals surface area (Å²) in [5.41, 5.74) is 8.50. The van der Waals surface area contributed by atoms with E-state index >= 15 is 0 Å². The van der Waals surface area contributed by atoms with Gasteiger partial charge in [-0.3, -0.25) is 4.79 Å². The molecule has 154 valence electrons. The number of nitrogens with zero attached hydrogens (tertiary/aromatic N) is 3. The number of benzene rings is 2. The molecule has 0 spiro atoms. The van der Waals surface area contributed by atoms with Crippen LogP contribution in [0.25, 0.3) is 11.1 Å². The molecule has 4 rings (SSSR count). The first-order valence-electron chi connectivity index (χ1n) is 9.97. The predicted molar refractivity (Wildman–Crippen MR) is 112 cm³/mol. The van der Waals surface area contributed by atoms with E-state index in [4.69, 9.17) is 10.5 Å². The molecule has 1 atom stereocenters. The molecule has 30 heavy (non-hydrogen) atoms. The largest absolute Gasteiger partial charge is 0.484 e. The summed E-state index contributed by atoms with van der Waals surface area (Å²) in [5, 5.41) is 0.